The van der Waals surface area contributed by atoms with Crippen molar-refractivity contribution in [1.82, 2.24) is 6.15 Å². The van der Waals surface area contributed by atoms with Crippen LogP contribution >= 0.6 is 152 Å². The molecule has 1 saturated heterocycles. The van der Waals surface area contributed by atoms with Crippen LogP contribution in [-0.2, 0) is 4.74 Å². The van der Waals surface area contributed by atoms with E-state index in [2.05, 4.69) is 102 Å². The van der Waals surface area contributed by atoms with E-state index in [1.807, 2.05) is 41.7 Å². The standard InChI is InChI=1S/C7H16O3S2.C7H16S5.C7H8.C3H5ClO.C2H6OS.CH4N2S.ClI.H3N.Na.2H2O/c2*8-1-3-11-6-7(5-10)12-4-2-9;1-7-5-3-2-4-6-7;4-1-3-2-5-3;3-1-2-4;2-1(3)4;1-2;;;;/h2*7-10H,1-6H2;2-6H,1H3;3H,1-2H2;3-4H,1-2H2;(H4,2,3,4);;1H3;;2*1H2/q;;;;;;;;+1;;/p-1. The van der Waals surface area contributed by atoms with Gasteiger partial charge in [0.15, 0.2) is 5.11 Å². The Balaban J connectivity index is -0.0000000588. The molecule has 1 aromatic rings. The molecule has 2 rings (SSSR count). The Kier molecular flexibility index (Phi) is 105. The van der Waals surface area contributed by atoms with Crippen molar-refractivity contribution in [2.24, 2.45) is 11.5 Å². The summed E-state index contributed by atoms with van der Waals surface area (Å²) in [4.78, 5) is 0. The molecule has 0 saturated carbocycles. The van der Waals surface area contributed by atoms with Gasteiger partial charge in [-0.25, -0.2) is 0 Å². The topological polar surface area (TPSA) is 242 Å². The number of halogens is 3. The molecule has 0 aromatic heterocycles. The van der Waals surface area contributed by atoms with Crippen LogP contribution in [0.5, 0.6) is 0 Å². The van der Waals surface area contributed by atoms with Crippen LogP contribution in [0.3, 0.4) is 0 Å². The smallest absolute Gasteiger partial charge is 0.870 e. The van der Waals surface area contributed by atoms with Gasteiger partial charge in [0.1, 0.15) is 0 Å². The molecule has 23 heteroatoms. The minimum absolute atomic E-state index is 0. The minimum atomic E-state index is 0. The van der Waals surface area contributed by atoms with Gasteiger partial charge in [0.25, 0.3) is 0 Å². The second kappa shape index (κ2) is 70.5. The van der Waals surface area contributed by atoms with Crippen molar-refractivity contribution < 1.29 is 65.7 Å². The van der Waals surface area contributed by atoms with Crippen LogP contribution < -0.4 is 47.2 Å². The Morgan fingerprint density at radius 1 is 0.880 bits per heavy atom. The van der Waals surface area contributed by atoms with Gasteiger partial charge in [-0.2, -0.15) is 97.6 Å². The fourth-order valence-electron chi connectivity index (χ4n) is 2.00. The molecule has 0 radical (unpaired) electrons. The molecule has 0 bridgehead atoms. The molecular weight excluding hydrogens is 988 g/mol. The molecule has 50 heavy (non-hydrogen) atoms. The molecule has 1 fully saturated rings. The molecule has 3 unspecified atom stereocenters. The average molecular weight is 1050 g/mol. The summed E-state index contributed by atoms with van der Waals surface area (Å²) in [7, 11) is 4.61. The summed E-state index contributed by atoms with van der Waals surface area (Å²) < 4.78 is 4.73. The predicted octanol–water partition coefficient (Wildman–Crippen LogP) is 1.87. The number of aliphatic hydroxyl groups is 4. The molecule has 0 spiro atoms. The number of aryl methyl sites for hydroxylation is 1. The van der Waals surface area contributed by atoms with E-state index in [4.69, 9.17) is 36.8 Å². The number of epoxide rings is 1. The monoisotopic (exact) mass is 1050 g/mol. The third-order valence-corrected chi connectivity index (χ3v) is 11.4. The Morgan fingerprint density at radius 2 is 1.30 bits per heavy atom. The van der Waals surface area contributed by atoms with E-state index >= 15 is 0 Å². The summed E-state index contributed by atoms with van der Waals surface area (Å²) >= 11 is 34.4. The van der Waals surface area contributed by atoms with Gasteiger partial charge in [-0.05, 0) is 39.6 Å². The zero-order valence-corrected chi connectivity index (χ0v) is 42.2. The van der Waals surface area contributed by atoms with E-state index in [-0.39, 0.29) is 83.5 Å². The summed E-state index contributed by atoms with van der Waals surface area (Å²) in [5.41, 5.74) is 10.6. The van der Waals surface area contributed by atoms with Crippen molar-refractivity contribution in [3.05, 3.63) is 35.9 Å². The number of rotatable bonds is 18. The van der Waals surface area contributed by atoms with Crippen LogP contribution in [0.2, 0.25) is 0 Å². The molecule has 1 aliphatic heterocycles. The van der Waals surface area contributed by atoms with Gasteiger partial charge in [-0.3, -0.25) is 0 Å². The van der Waals surface area contributed by atoms with Crippen LogP contribution in [0.4, 0.5) is 0 Å². The first kappa shape index (κ1) is 74.6. The van der Waals surface area contributed by atoms with Crippen molar-refractivity contribution in [2.75, 3.05) is 96.4 Å². The molecule has 0 amide bonds. The predicted molar refractivity (Wildman–Crippen MR) is 254 cm³/mol. The Bertz CT molecular complexity index is 667. The summed E-state index contributed by atoms with van der Waals surface area (Å²) in [5, 5.41) is 34.6. The average Bonchev–Trinajstić information content (AvgIpc) is 3.92. The van der Waals surface area contributed by atoms with E-state index in [9.17, 15) is 0 Å². The fourth-order valence-corrected chi connectivity index (χ4v) is 7.27. The number of hydrogen-bond donors (Lipinski definition) is 11. The van der Waals surface area contributed by atoms with E-state index in [0.29, 0.717) is 28.7 Å². The molecule has 0 aliphatic carbocycles. The van der Waals surface area contributed by atoms with Gasteiger partial charge < -0.3 is 53.7 Å². The second-order valence-electron chi connectivity index (χ2n) is 8.01. The van der Waals surface area contributed by atoms with Crippen molar-refractivity contribution in [3.8, 4) is 0 Å². The first-order valence-corrected chi connectivity index (χ1v) is 24.4. The SMILES string of the molecule is Cc1ccccc1.ClCC1CO1.ClI.N.NC(N)=S.O.OCCS.OCCSCC(CO)SCCO.SCCSCC(CS)SCCS.[Na+].[OH-]. The molecule has 302 valence electrons. The number of ether oxygens (including phenoxy) is 1. The van der Waals surface area contributed by atoms with Gasteiger partial charge in [-0.1, -0.05) is 35.9 Å². The number of thiocarbonyl (C=S) groups is 1. The van der Waals surface area contributed by atoms with Crippen LogP contribution in [0.25, 0.3) is 0 Å². The normalized spacial score (nSPS) is 12.2. The zero-order valence-electron chi connectivity index (χ0n) is 28.9. The van der Waals surface area contributed by atoms with Crippen molar-refractivity contribution >= 4 is 157 Å². The van der Waals surface area contributed by atoms with Gasteiger partial charge in [0, 0.05) is 78.0 Å². The molecular formula is C27H61Cl2IN3NaO7S9. The zero-order chi connectivity index (χ0) is 36.3. The Hall–Kier alpha value is 3.70. The number of benzene rings is 1. The number of aliphatic hydroxyl groups excluding tert-OH is 4. The molecule has 10 nitrogen and oxygen atoms in total. The number of thioether (sulfide) groups is 4. The summed E-state index contributed by atoms with van der Waals surface area (Å²) in [5.74, 6) is 9.85. The van der Waals surface area contributed by atoms with Gasteiger partial charge in [-0.15, -0.1) is 11.6 Å². The third kappa shape index (κ3) is 84.3. The van der Waals surface area contributed by atoms with Crippen LogP contribution in [0.15, 0.2) is 30.3 Å². The summed E-state index contributed by atoms with van der Waals surface area (Å²) in [6, 6.07) is 10.3. The number of nitrogens with two attached hydrogens (primary N) is 2. The second-order valence-corrected chi connectivity index (χ2v) is 15.6. The van der Waals surface area contributed by atoms with Gasteiger partial charge in [0.2, 0.25) is 0 Å². The maximum Gasteiger partial charge on any atom is 1.00 e. The molecule has 1 aromatic carbocycles. The van der Waals surface area contributed by atoms with E-state index in [1.165, 1.54) is 11.3 Å². The molecule has 3 atom stereocenters. The van der Waals surface area contributed by atoms with Crippen molar-refractivity contribution in [2.45, 2.75) is 23.5 Å². The number of thiol groups is 4. The minimum Gasteiger partial charge on any atom is -0.870 e. The maximum absolute atomic E-state index is 8.87. The van der Waals surface area contributed by atoms with Gasteiger partial charge in [0.05, 0.1) is 45.0 Å². The van der Waals surface area contributed by atoms with E-state index in [0.717, 1.165) is 46.9 Å². The van der Waals surface area contributed by atoms with E-state index in [1.54, 1.807) is 45.0 Å². The van der Waals surface area contributed by atoms with E-state index < -0.39 is 0 Å². The Labute approximate surface area is 391 Å². The molecule has 14 N–H and O–H groups in total. The van der Waals surface area contributed by atoms with Crippen molar-refractivity contribution in [1.29, 1.82) is 0 Å². The summed E-state index contributed by atoms with van der Waals surface area (Å²) in [6.07, 6.45) is 0.400. The van der Waals surface area contributed by atoms with Crippen molar-refractivity contribution in [3.63, 3.8) is 0 Å². The molecule has 1 heterocycles. The number of alkyl halides is 1. The first-order chi connectivity index (χ1) is 22.2. The first-order valence-electron chi connectivity index (χ1n) is 13.8. The summed E-state index contributed by atoms with van der Waals surface area (Å²) in [6.45, 7) is 3.63. The molecule has 1 aliphatic rings. The third-order valence-electron chi connectivity index (χ3n) is 3.99. The fraction of sp³-hybridized carbons (Fsp3) is 0.741. The quantitative estimate of drug-likeness (QED) is 0.0192. The number of hydrogen-bond acceptors (Lipinski definition) is 16. The Morgan fingerprint density at radius 3 is 1.58 bits per heavy atom. The van der Waals surface area contributed by atoms with Crippen LogP contribution in [0, 0.1) is 6.92 Å². The maximum atomic E-state index is 8.87. The van der Waals surface area contributed by atoms with Crippen LogP contribution in [0.1, 0.15) is 5.56 Å². The largest absolute Gasteiger partial charge is 1.00 e. The van der Waals surface area contributed by atoms with Gasteiger partial charge >= 0.3 is 29.6 Å². The van der Waals surface area contributed by atoms with Crippen LogP contribution in [-0.4, -0.2) is 150 Å².